The van der Waals surface area contributed by atoms with Crippen molar-refractivity contribution in [1.29, 1.82) is 0 Å². The summed E-state index contributed by atoms with van der Waals surface area (Å²) in [6.07, 6.45) is 0.898. The molecule has 2 nitrogen and oxygen atoms in total. The number of hydrogen-bond acceptors (Lipinski definition) is 3. The fraction of sp³-hybridized carbons (Fsp3) is 0.231. The highest BCUT2D eigenvalue weighted by atomic mass is 32.1. The third kappa shape index (κ3) is 3.08. The molecule has 1 heterocycles. The van der Waals surface area contributed by atoms with Crippen molar-refractivity contribution in [2.45, 2.75) is 13.0 Å². The molecule has 0 saturated carbocycles. The second kappa shape index (κ2) is 5.68. The molecule has 2 N–H and O–H groups in total. The van der Waals surface area contributed by atoms with Crippen molar-refractivity contribution in [3.8, 4) is 5.75 Å². The lowest BCUT2D eigenvalue weighted by Gasteiger charge is -2.06. The predicted molar refractivity (Wildman–Crippen MR) is 67.9 cm³/mol. The molecule has 16 heavy (non-hydrogen) atoms. The maximum atomic E-state index is 5.70. The molecule has 0 saturated heterocycles. The fourth-order valence-corrected chi connectivity index (χ4v) is 2.15. The molecule has 0 fully saturated rings. The van der Waals surface area contributed by atoms with Gasteiger partial charge in [0.05, 0.1) is 0 Å². The summed E-state index contributed by atoms with van der Waals surface area (Å²) in [6.45, 7) is 1.31. The molecule has 0 bridgehead atoms. The first-order chi connectivity index (χ1) is 7.88. The molecular formula is C13H15NOS. The van der Waals surface area contributed by atoms with Crippen LogP contribution in [-0.4, -0.2) is 6.54 Å². The first-order valence-electron chi connectivity index (χ1n) is 5.31. The SMILES string of the molecule is NCCc1cccc(OCc2ccsc2)c1. The average Bonchev–Trinajstić information content (AvgIpc) is 2.80. The van der Waals surface area contributed by atoms with E-state index in [0.29, 0.717) is 13.2 Å². The standard InChI is InChI=1S/C13H15NOS/c14-6-4-11-2-1-3-13(8-11)15-9-12-5-7-16-10-12/h1-3,5,7-8,10H,4,6,9,14H2. The molecule has 84 valence electrons. The number of hydrogen-bond donors (Lipinski definition) is 1. The third-order valence-electron chi connectivity index (χ3n) is 2.32. The van der Waals surface area contributed by atoms with E-state index in [1.54, 1.807) is 11.3 Å². The summed E-state index contributed by atoms with van der Waals surface area (Å²) in [5, 5.41) is 4.16. The summed E-state index contributed by atoms with van der Waals surface area (Å²) in [7, 11) is 0. The van der Waals surface area contributed by atoms with Crippen LogP contribution in [0.25, 0.3) is 0 Å². The van der Waals surface area contributed by atoms with E-state index in [9.17, 15) is 0 Å². The van der Waals surface area contributed by atoms with Crippen LogP contribution in [0.2, 0.25) is 0 Å². The minimum absolute atomic E-state index is 0.635. The van der Waals surface area contributed by atoms with Crippen molar-refractivity contribution in [2.24, 2.45) is 5.73 Å². The highest BCUT2D eigenvalue weighted by molar-refractivity contribution is 7.07. The first kappa shape index (κ1) is 11.2. The van der Waals surface area contributed by atoms with Crippen molar-refractivity contribution in [3.05, 3.63) is 52.2 Å². The van der Waals surface area contributed by atoms with Gasteiger partial charge in [-0.05, 0) is 53.1 Å². The summed E-state index contributed by atoms with van der Waals surface area (Å²) in [5.74, 6) is 0.914. The molecule has 2 rings (SSSR count). The number of nitrogens with two attached hydrogens (primary N) is 1. The van der Waals surface area contributed by atoms with Crippen LogP contribution in [0.4, 0.5) is 0 Å². The normalized spacial score (nSPS) is 10.3. The molecular weight excluding hydrogens is 218 g/mol. The molecule has 0 radical (unpaired) electrons. The average molecular weight is 233 g/mol. The van der Waals surface area contributed by atoms with Gasteiger partial charge in [0.2, 0.25) is 0 Å². The van der Waals surface area contributed by atoms with E-state index in [0.717, 1.165) is 12.2 Å². The van der Waals surface area contributed by atoms with E-state index in [-0.39, 0.29) is 0 Å². The van der Waals surface area contributed by atoms with Crippen molar-refractivity contribution in [1.82, 2.24) is 0 Å². The number of ether oxygens (including phenoxy) is 1. The van der Waals surface area contributed by atoms with E-state index in [1.165, 1.54) is 11.1 Å². The molecule has 1 aromatic heterocycles. The lowest BCUT2D eigenvalue weighted by Crippen LogP contribution is -2.02. The summed E-state index contributed by atoms with van der Waals surface area (Å²) >= 11 is 1.69. The van der Waals surface area contributed by atoms with Gasteiger partial charge in [-0.15, -0.1) is 0 Å². The Morgan fingerprint density at radius 2 is 2.12 bits per heavy atom. The summed E-state index contributed by atoms with van der Waals surface area (Å²) < 4.78 is 5.70. The van der Waals surface area contributed by atoms with E-state index >= 15 is 0 Å². The number of benzene rings is 1. The van der Waals surface area contributed by atoms with Gasteiger partial charge < -0.3 is 10.5 Å². The van der Waals surface area contributed by atoms with Crippen molar-refractivity contribution >= 4 is 11.3 Å². The van der Waals surface area contributed by atoms with Gasteiger partial charge in [-0.3, -0.25) is 0 Å². The van der Waals surface area contributed by atoms with Crippen molar-refractivity contribution in [3.63, 3.8) is 0 Å². The zero-order chi connectivity index (χ0) is 11.2. The van der Waals surface area contributed by atoms with Gasteiger partial charge >= 0.3 is 0 Å². The molecule has 2 aromatic rings. The van der Waals surface area contributed by atoms with Crippen LogP contribution < -0.4 is 10.5 Å². The van der Waals surface area contributed by atoms with Crippen LogP contribution >= 0.6 is 11.3 Å². The lowest BCUT2D eigenvalue weighted by atomic mass is 10.1. The maximum absolute atomic E-state index is 5.70. The zero-order valence-electron chi connectivity index (χ0n) is 9.06. The summed E-state index contributed by atoms with van der Waals surface area (Å²) in [4.78, 5) is 0. The number of thiophene rings is 1. The first-order valence-corrected chi connectivity index (χ1v) is 6.25. The van der Waals surface area contributed by atoms with Crippen LogP contribution in [0.15, 0.2) is 41.1 Å². The van der Waals surface area contributed by atoms with Gasteiger partial charge in [-0.2, -0.15) is 11.3 Å². The maximum Gasteiger partial charge on any atom is 0.120 e. The molecule has 0 atom stereocenters. The lowest BCUT2D eigenvalue weighted by molar-refractivity contribution is 0.306. The molecule has 0 amide bonds. The van der Waals surface area contributed by atoms with Gasteiger partial charge in [-0.1, -0.05) is 12.1 Å². The van der Waals surface area contributed by atoms with Gasteiger partial charge in [0, 0.05) is 0 Å². The molecule has 0 aliphatic carbocycles. The Kier molecular flexibility index (Phi) is 3.97. The van der Waals surface area contributed by atoms with E-state index in [4.69, 9.17) is 10.5 Å². The predicted octanol–water partition coefficient (Wildman–Crippen LogP) is 2.83. The van der Waals surface area contributed by atoms with Gasteiger partial charge in [0.25, 0.3) is 0 Å². The molecule has 0 aliphatic heterocycles. The zero-order valence-corrected chi connectivity index (χ0v) is 9.87. The van der Waals surface area contributed by atoms with E-state index < -0.39 is 0 Å². The van der Waals surface area contributed by atoms with Crippen LogP contribution in [0, 0.1) is 0 Å². The monoisotopic (exact) mass is 233 g/mol. The minimum atomic E-state index is 0.635. The topological polar surface area (TPSA) is 35.2 Å². The van der Waals surface area contributed by atoms with Crippen LogP contribution in [0.1, 0.15) is 11.1 Å². The summed E-state index contributed by atoms with van der Waals surface area (Å²) in [6, 6.07) is 10.2. The summed E-state index contributed by atoms with van der Waals surface area (Å²) in [5.41, 5.74) is 7.97. The molecule has 3 heteroatoms. The Labute approximate surface area is 99.7 Å². The second-order valence-electron chi connectivity index (χ2n) is 3.61. The van der Waals surface area contributed by atoms with Crippen LogP contribution in [-0.2, 0) is 13.0 Å². The Morgan fingerprint density at radius 1 is 1.19 bits per heavy atom. The van der Waals surface area contributed by atoms with Gasteiger partial charge in [0.15, 0.2) is 0 Å². The van der Waals surface area contributed by atoms with Crippen LogP contribution in [0.3, 0.4) is 0 Å². The highest BCUT2D eigenvalue weighted by Crippen LogP contribution is 2.16. The Hall–Kier alpha value is -1.32. The van der Waals surface area contributed by atoms with E-state index in [1.807, 2.05) is 12.1 Å². The third-order valence-corrected chi connectivity index (χ3v) is 3.05. The Bertz CT molecular complexity index is 425. The van der Waals surface area contributed by atoms with E-state index in [2.05, 4.69) is 29.0 Å². The Balaban J connectivity index is 1.96. The molecule has 0 spiro atoms. The number of rotatable bonds is 5. The minimum Gasteiger partial charge on any atom is -0.489 e. The largest absolute Gasteiger partial charge is 0.489 e. The van der Waals surface area contributed by atoms with Crippen molar-refractivity contribution in [2.75, 3.05) is 6.54 Å². The quantitative estimate of drug-likeness (QED) is 0.862. The van der Waals surface area contributed by atoms with Gasteiger partial charge in [-0.25, -0.2) is 0 Å². The smallest absolute Gasteiger partial charge is 0.120 e. The molecule has 0 unspecified atom stereocenters. The molecule has 0 aliphatic rings. The highest BCUT2D eigenvalue weighted by Gasteiger charge is 1.98. The second-order valence-corrected chi connectivity index (χ2v) is 4.39. The fourth-order valence-electron chi connectivity index (χ4n) is 1.50. The Morgan fingerprint density at radius 3 is 2.88 bits per heavy atom. The molecule has 1 aromatic carbocycles. The van der Waals surface area contributed by atoms with Crippen LogP contribution in [0.5, 0.6) is 5.75 Å². The van der Waals surface area contributed by atoms with Gasteiger partial charge in [0.1, 0.15) is 12.4 Å². The van der Waals surface area contributed by atoms with Crippen molar-refractivity contribution < 1.29 is 4.74 Å².